The molecular formula is C40H34BNO2. The molecule has 2 aliphatic rings. The van der Waals surface area contributed by atoms with Gasteiger partial charge in [0.1, 0.15) is 7.85 Å². The number of ketones is 2. The second-order valence-electron chi connectivity index (χ2n) is 12.8. The summed E-state index contributed by atoms with van der Waals surface area (Å²) in [4.78, 5) is 29.0. The smallest absolute Gasteiger partial charge is 0.197 e. The fourth-order valence-corrected chi connectivity index (χ4v) is 7.23. The lowest BCUT2D eigenvalue weighted by Crippen LogP contribution is -2.30. The average Bonchev–Trinajstić information content (AvgIpc) is 3.22. The van der Waals surface area contributed by atoms with Gasteiger partial charge in [0.2, 0.25) is 0 Å². The molecule has 5 aromatic carbocycles. The highest BCUT2D eigenvalue weighted by Crippen LogP contribution is 2.53. The van der Waals surface area contributed by atoms with E-state index in [0.29, 0.717) is 11.1 Å². The summed E-state index contributed by atoms with van der Waals surface area (Å²) in [6, 6.07) is 33.6. The standard InChI is InChI=1S/C40H34BNO2/c1-23-17-24(2)37(25(3)18-23)27-12-16-36-34(21-27)40(4,5)33-20-26(11-15-35(33)42(36)29-9-7-6-8-10-29)19-32-38(43)30-14-13-28(41)22-31(30)39(32)44/h6-22H,41H2,1-5H3/b32-19-. The minimum Gasteiger partial charge on any atom is -0.310 e. The molecule has 0 fully saturated rings. The maximum atomic E-state index is 13.3. The first-order valence-electron chi connectivity index (χ1n) is 15.2. The number of rotatable bonds is 3. The third-order valence-corrected chi connectivity index (χ3v) is 9.29. The number of allylic oxidation sites excluding steroid dienone is 1. The number of para-hydroxylation sites is 1. The Morgan fingerprint density at radius 1 is 0.682 bits per heavy atom. The Hall–Kier alpha value is -4.96. The fourth-order valence-electron chi connectivity index (χ4n) is 7.23. The Labute approximate surface area is 260 Å². The monoisotopic (exact) mass is 571 g/mol. The molecule has 0 saturated carbocycles. The van der Waals surface area contributed by atoms with E-state index in [1.165, 1.54) is 33.4 Å². The molecule has 0 spiro atoms. The molecule has 0 saturated heterocycles. The normalized spacial score (nSPS) is 15.8. The summed E-state index contributed by atoms with van der Waals surface area (Å²) in [6.07, 6.45) is 1.77. The first-order valence-corrected chi connectivity index (χ1v) is 15.2. The predicted octanol–water partition coefficient (Wildman–Crippen LogP) is 8.11. The van der Waals surface area contributed by atoms with Crippen molar-refractivity contribution >= 4 is 48.0 Å². The zero-order valence-electron chi connectivity index (χ0n) is 26.1. The summed E-state index contributed by atoms with van der Waals surface area (Å²) >= 11 is 0. The average molecular weight is 572 g/mol. The highest BCUT2D eigenvalue weighted by Gasteiger charge is 2.38. The maximum Gasteiger partial charge on any atom is 0.197 e. The van der Waals surface area contributed by atoms with Gasteiger partial charge in [0.15, 0.2) is 11.6 Å². The van der Waals surface area contributed by atoms with Gasteiger partial charge in [0.05, 0.1) is 16.9 Å². The second-order valence-corrected chi connectivity index (χ2v) is 12.8. The summed E-state index contributed by atoms with van der Waals surface area (Å²) in [5.41, 5.74) is 14.7. The molecule has 7 rings (SSSR count). The van der Waals surface area contributed by atoms with Crippen LogP contribution in [0.3, 0.4) is 0 Å². The number of aryl methyl sites for hydroxylation is 3. The molecular weight excluding hydrogens is 537 g/mol. The van der Waals surface area contributed by atoms with Gasteiger partial charge in [-0.2, -0.15) is 0 Å². The molecule has 1 heterocycles. The van der Waals surface area contributed by atoms with E-state index in [-0.39, 0.29) is 22.6 Å². The van der Waals surface area contributed by atoms with E-state index in [0.717, 1.165) is 33.7 Å². The van der Waals surface area contributed by atoms with Crippen molar-refractivity contribution in [1.29, 1.82) is 0 Å². The second kappa shape index (κ2) is 10.1. The molecule has 0 atom stereocenters. The van der Waals surface area contributed by atoms with Crippen LogP contribution in [0.15, 0.2) is 103 Å². The van der Waals surface area contributed by atoms with Crippen LogP contribution in [-0.4, -0.2) is 19.4 Å². The van der Waals surface area contributed by atoms with E-state index in [9.17, 15) is 9.59 Å². The summed E-state index contributed by atoms with van der Waals surface area (Å²) in [5, 5.41) is 0. The predicted molar refractivity (Wildman–Crippen MR) is 184 cm³/mol. The van der Waals surface area contributed by atoms with Gasteiger partial charge < -0.3 is 4.90 Å². The van der Waals surface area contributed by atoms with Crippen LogP contribution in [0.25, 0.3) is 17.2 Å². The zero-order valence-corrected chi connectivity index (χ0v) is 26.1. The number of Topliss-reactive ketones (excluding diaryl/α,β-unsaturated/α-hetero) is 2. The SMILES string of the molecule is Bc1ccc2c(c1)C(=O)/C(=C\c1ccc3c(c1)C(C)(C)c1cc(-c4c(C)cc(C)cc4C)ccc1N3c1ccccc1)C2=O. The third kappa shape index (κ3) is 4.28. The van der Waals surface area contributed by atoms with Crippen molar-refractivity contribution in [2.75, 3.05) is 4.90 Å². The van der Waals surface area contributed by atoms with Gasteiger partial charge in [-0.05, 0) is 102 Å². The first kappa shape index (κ1) is 27.9. The van der Waals surface area contributed by atoms with Gasteiger partial charge in [-0.1, -0.05) is 85.5 Å². The number of benzene rings is 5. The highest BCUT2D eigenvalue weighted by molar-refractivity contribution is 6.43. The maximum absolute atomic E-state index is 13.3. The Morgan fingerprint density at radius 2 is 1.32 bits per heavy atom. The molecule has 4 heteroatoms. The Bertz CT molecular complexity index is 2050. The largest absolute Gasteiger partial charge is 0.310 e. The van der Waals surface area contributed by atoms with Crippen LogP contribution in [-0.2, 0) is 5.41 Å². The molecule has 5 aromatic rings. The quantitative estimate of drug-likeness (QED) is 0.125. The third-order valence-electron chi connectivity index (χ3n) is 9.29. The summed E-state index contributed by atoms with van der Waals surface area (Å²) in [5.74, 6) is -0.401. The van der Waals surface area contributed by atoms with Crippen molar-refractivity contribution in [3.8, 4) is 11.1 Å². The molecule has 1 aliphatic carbocycles. The number of carbonyl (C=O) groups is 2. The summed E-state index contributed by atoms with van der Waals surface area (Å²) < 4.78 is 0. The number of nitrogens with zero attached hydrogens (tertiary/aromatic N) is 1. The van der Waals surface area contributed by atoms with Crippen LogP contribution in [0, 0.1) is 20.8 Å². The van der Waals surface area contributed by atoms with Gasteiger partial charge in [-0.15, -0.1) is 0 Å². The lowest BCUT2D eigenvalue weighted by molar-refractivity contribution is 0.0990. The topological polar surface area (TPSA) is 37.4 Å². The van der Waals surface area contributed by atoms with Crippen LogP contribution in [0.5, 0.6) is 0 Å². The molecule has 0 bridgehead atoms. The number of hydrogen-bond acceptors (Lipinski definition) is 3. The molecule has 0 aromatic heterocycles. The van der Waals surface area contributed by atoms with E-state index in [1.807, 2.05) is 32.1 Å². The highest BCUT2D eigenvalue weighted by atomic mass is 16.2. The van der Waals surface area contributed by atoms with Gasteiger partial charge >= 0.3 is 0 Å². The van der Waals surface area contributed by atoms with Gasteiger partial charge in [-0.3, -0.25) is 9.59 Å². The van der Waals surface area contributed by atoms with Crippen molar-refractivity contribution in [3.63, 3.8) is 0 Å². The molecule has 44 heavy (non-hydrogen) atoms. The molecule has 1 aliphatic heterocycles. The Balaban J connectivity index is 1.40. The van der Waals surface area contributed by atoms with Crippen molar-refractivity contribution in [3.05, 3.63) is 147 Å². The molecule has 214 valence electrons. The van der Waals surface area contributed by atoms with Crippen LogP contribution >= 0.6 is 0 Å². The molecule has 0 N–H and O–H groups in total. The van der Waals surface area contributed by atoms with Crippen molar-refractivity contribution < 1.29 is 9.59 Å². The minimum absolute atomic E-state index is 0.199. The van der Waals surface area contributed by atoms with Crippen molar-refractivity contribution in [2.45, 2.75) is 40.0 Å². The van der Waals surface area contributed by atoms with E-state index in [2.05, 4.69) is 106 Å². The molecule has 0 unspecified atom stereocenters. The number of carbonyl (C=O) groups excluding carboxylic acids is 2. The van der Waals surface area contributed by atoms with E-state index in [1.54, 1.807) is 12.1 Å². The van der Waals surface area contributed by atoms with Crippen molar-refractivity contribution in [1.82, 2.24) is 0 Å². The van der Waals surface area contributed by atoms with Gasteiger partial charge in [0.25, 0.3) is 0 Å². The van der Waals surface area contributed by atoms with Gasteiger partial charge in [0, 0.05) is 22.2 Å². The first-order chi connectivity index (χ1) is 21.0. The molecule has 0 radical (unpaired) electrons. The molecule has 3 nitrogen and oxygen atoms in total. The summed E-state index contributed by atoms with van der Waals surface area (Å²) in [6.45, 7) is 11.1. The van der Waals surface area contributed by atoms with E-state index in [4.69, 9.17) is 0 Å². The number of fused-ring (bicyclic) bond motifs is 3. The molecule has 0 amide bonds. The van der Waals surface area contributed by atoms with Crippen molar-refractivity contribution in [2.24, 2.45) is 0 Å². The van der Waals surface area contributed by atoms with Crippen LogP contribution < -0.4 is 10.4 Å². The number of anilines is 3. The van der Waals surface area contributed by atoms with Crippen LogP contribution in [0.1, 0.15) is 67.9 Å². The number of hydrogen-bond donors (Lipinski definition) is 0. The zero-order chi connectivity index (χ0) is 30.9. The minimum atomic E-state index is -0.350. The van der Waals surface area contributed by atoms with Crippen LogP contribution in [0.4, 0.5) is 17.1 Å². The van der Waals surface area contributed by atoms with Gasteiger partial charge in [-0.25, -0.2) is 0 Å². The van der Waals surface area contributed by atoms with E-state index >= 15 is 0 Å². The van der Waals surface area contributed by atoms with Crippen LogP contribution in [0.2, 0.25) is 0 Å². The fraction of sp³-hybridized carbons (Fsp3) is 0.150. The summed E-state index contributed by atoms with van der Waals surface area (Å²) in [7, 11) is 1.94. The Kier molecular flexibility index (Phi) is 6.37. The van der Waals surface area contributed by atoms with E-state index < -0.39 is 0 Å². The lowest BCUT2D eigenvalue weighted by Gasteiger charge is -2.42. The lowest BCUT2D eigenvalue weighted by atomic mass is 9.72. The Morgan fingerprint density at radius 3 is 2.02 bits per heavy atom.